The van der Waals surface area contributed by atoms with E-state index in [1.54, 1.807) is 42.5 Å². The van der Waals surface area contributed by atoms with E-state index in [4.69, 9.17) is 22.1 Å². The van der Waals surface area contributed by atoms with Gasteiger partial charge in [-0.15, -0.1) is 0 Å². The molecular formula is C28H29ClF3N9O. The van der Waals surface area contributed by atoms with Crippen molar-refractivity contribution in [2.75, 3.05) is 30.7 Å². The van der Waals surface area contributed by atoms with Crippen LogP contribution < -0.4 is 15.8 Å². The summed E-state index contributed by atoms with van der Waals surface area (Å²) in [6, 6.07) is 4.51. The molecule has 0 bridgehead atoms. The van der Waals surface area contributed by atoms with Gasteiger partial charge in [-0.3, -0.25) is 9.88 Å². The third kappa shape index (κ3) is 5.45. The van der Waals surface area contributed by atoms with Gasteiger partial charge < -0.3 is 15.8 Å². The van der Waals surface area contributed by atoms with E-state index < -0.39 is 17.2 Å². The molecule has 5 heterocycles. The number of ether oxygens (including phenoxy) is 1. The van der Waals surface area contributed by atoms with Crippen LogP contribution in [0.15, 0.2) is 43.0 Å². The number of hydrogen-bond acceptors (Lipinski definition) is 9. The molecule has 1 atom stereocenters. The number of nitrogens with one attached hydrogen (secondary N) is 1. The van der Waals surface area contributed by atoms with Crippen LogP contribution in [0.25, 0.3) is 22.6 Å². The normalized spacial score (nSPS) is 17.6. The summed E-state index contributed by atoms with van der Waals surface area (Å²) in [5.74, 6) is -1.84. The molecule has 4 aromatic heterocycles. The number of rotatable bonds is 10. The third-order valence-electron chi connectivity index (χ3n) is 7.69. The number of aryl methyl sites for hydroxylation is 1. The fourth-order valence-corrected chi connectivity index (χ4v) is 5.49. The lowest BCUT2D eigenvalue weighted by molar-refractivity contribution is -0.0279. The molecule has 1 aliphatic heterocycles. The summed E-state index contributed by atoms with van der Waals surface area (Å²) in [4.78, 5) is 18.9. The van der Waals surface area contributed by atoms with Gasteiger partial charge in [0, 0.05) is 75.4 Å². The van der Waals surface area contributed by atoms with Crippen LogP contribution >= 0.6 is 11.6 Å². The van der Waals surface area contributed by atoms with Gasteiger partial charge in [0.25, 0.3) is 5.92 Å². The maximum absolute atomic E-state index is 15.3. The van der Waals surface area contributed by atoms with Crippen molar-refractivity contribution in [1.29, 1.82) is 0 Å². The lowest BCUT2D eigenvalue weighted by atomic mass is 9.95. The molecule has 42 heavy (non-hydrogen) atoms. The van der Waals surface area contributed by atoms with Gasteiger partial charge in [-0.2, -0.15) is 5.10 Å². The number of nitrogen functional groups attached to an aromatic ring is 1. The first-order valence-corrected chi connectivity index (χ1v) is 13.8. The van der Waals surface area contributed by atoms with E-state index in [0.29, 0.717) is 72.6 Å². The molecule has 1 saturated heterocycles. The van der Waals surface area contributed by atoms with Gasteiger partial charge in [0.15, 0.2) is 5.82 Å². The van der Waals surface area contributed by atoms with Crippen molar-refractivity contribution < 1.29 is 17.9 Å². The van der Waals surface area contributed by atoms with Gasteiger partial charge in [-0.25, -0.2) is 32.8 Å². The Morgan fingerprint density at radius 3 is 2.64 bits per heavy atom. The number of nitrogens with zero attached hydrogens (tertiary/aromatic N) is 7. The van der Waals surface area contributed by atoms with Gasteiger partial charge in [-0.05, 0) is 30.7 Å². The third-order valence-corrected chi connectivity index (χ3v) is 7.89. The van der Waals surface area contributed by atoms with Crippen molar-refractivity contribution in [2.45, 2.75) is 38.3 Å². The highest BCUT2D eigenvalue weighted by Gasteiger charge is 2.75. The number of alkyl halides is 2. The molecule has 2 fully saturated rings. The Balaban J connectivity index is 1.10. The van der Waals surface area contributed by atoms with Crippen LogP contribution in [0.4, 0.5) is 24.7 Å². The Hall–Kier alpha value is -3.97. The first-order chi connectivity index (χ1) is 20.0. The van der Waals surface area contributed by atoms with Crippen LogP contribution in [-0.4, -0.2) is 66.3 Å². The maximum atomic E-state index is 15.3. The molecule has 0 aromatic carbocycles. The summed E-state index contributed by atoms with van der Waals surface area (Å²) in [5.41, 5.74) is 7.30. The molecule has 14 heteroatoms. The minimum absolute atomic E-state index is 0.0610. The Kier molecular flexibility index (Phi) is 7.17. The molecule has 220 valence electrons. The van der Waals surface area contributed by atoms with E-state index in [1.165, 1.54) is 12.3 Å². The summed E-state index contributed by atoms with van der Waals surface area (Å²) in [7, 11) is 1.76. The molecule has 3 N–H and O–H groups in total. The zero-order valence-corrected chi connectivity index (χ0v) is 23.7. The molecule has 0 radical (unpaired) electrons. The van der Waals surface area contributed by atoms with Gasteiger partial charge >= 0.3 is 0 Å². The first-order valence-electron chi connectivity index (χ1n) is 13.4. The van der Waals surface area contributed by atoms with Crippen LogP contribution in [0, 0.1) is 11.2 Å². The highest BCUT2D eigenvalue weighted by molar-refractivity contribution is 6.29. The maximum Gasteiger partial charge on any atom is 0.257 e. The SMILES string of the molecule is C[C@@H](CCOc1c(-c2nccc(N)n2)cnn1C)Nc1cc(Cl)ncc1-c1ncc(CN2CC3(C2)CC3(F)F)cc1F. The summed E-state index contributed by atoms with van der Waals surface area (Å²) in [6.45, 7) is 3.30. The molecule has 2 aliphatic rings. The first kappa shape index (κ1) is 28.2. The standard InChI is InChI=1S/C28H29ClF3N9O/c1-16(4-6-42-26-19(11-37-40(26)2)25-34-5-3-23(33)39-25)38-21-8-22(29)35-10-18(21)24-20(30)7-17(9-36-24)12-41-14-27(15-41)13-28(27,31)32/h3,5,7-11,16H,4,6,12-15H2,1-2H3,(H,35,38)(H2,33,34,39)/t16-/m0/s1. The van der Waals surface area contributed by atoms with E-state index in [9.17, 15) is 8.78 Å². The fraction of sp³-hybridized carbons (Fsp3) is 0.393. The smallest absolute Gasteiger partial charge is 0.257 e. The molecule has 0 unspecified atom stereocenters. The molecular weight excluding hydrogens is 571 g/mol. The van der Waals surface area contributed by atoms with Gasteiger partial charge in [0.1, 0.15) is 28.0 Å². The number of anilines is 2. The molecule has 1 spiro atoms. The zero-order valence-electron chi connectivity index (χ0n) is 23.0. The van der Waals surface area contributed by atoms with Crippen molar-refractivity contribution in [2.24, 2.45) is 12.5 Å². The molecule has 1 saturated carbocycles. The van der Waals surface area contributed by atoms with Crippen LogP contribution in [-0.2, 0) is 13.6 Å². The quantitative estimate of drug-likeness (QED) is 0.247. The summed E-state index contributed by atoms with van der Waals surface area (Å²) in [5, 5.41) is 7.86. The number of nitrogens with two attached hydrogens (primary N) is 1. The predicted octanol–water partition coefficient (Wildman–Crippen LogP) is 4.82. The summed E-state index contributed by atoms with van der Waals surface area (Å²) in [6.07, 6.45) is 6.75. The molecule has 0 amide bonds. The number of hydrogen-bond donors (Lipinski definition) is 2. The number of halogens is 4. The number of pyridine rings is 2. The second kappa shape index (κ2) is 10.7. The minimum Gasteiger partial charge on any atom is -0.477 e. The Morgan fingerprint density at radius 2 is 1.93 bits per heavy atom. The van der Waals surface area contributed by atoms with E-state index in [2.05, 4.69) is 30.4 Å². The van der Waals surface area contributed by atoms with Crippen molar-refractivity contribution in [3.8, 4) is 28.5 Å². The lowest BCUT2D eigenvalue weighted by Crippen LogP contribution is -2.50. The average molecular weight is 600 g/mol. The second-order valence-electron chi connectivity index (χ2n) is 11.0. The van der Waals surface area contributed by atoms with Gasteiger partial charge in [0.05, 0.1) is 18.2 Å². The monoisotopic (exact) mass is 599 g/mol. The van der Waals surface area contributed by atoms with Crippen molar-refractivity contribution >= 4 is 23.1 Å². The van der Waals surface area contributed by atoms with E-state index in [0.717, 1.165) is 0 Å². The fourth-order valence-electron chi connectivity index (χ4n) is 5.33. The van der Waals surface area contributed by atoms with Crippen molar-refractivity contribution in [3.63, 3.8) is 0 Å². The van der Waals surface area contributed by atoms with Gasteiger partial charge in [0.2, 0.25) is 5.88 Å². The number of likely N-dealkylation sites (tertiary alicyclic amines) is 1. The molecule has 1 aliphatic carbocycles. The van der Waals surface area contributed by atoms with Crippen LogP contribution in [0.1, 0.15) is 25.3 Å². The summed E-state index contributed by atoms with van der Waals surface area (Å²) >= 11 is 6.18. The summed E-state index contributed by atoms with van der Waals surface area (Å²) < 4.78 is 49.9. The van der Waals surface area contributed by atoms with Crippen LogP contribution in [0.3, 0.4) is 0 Å². The number of aromatic nitrogens is 6. The van der Waals surface area contributed by atoms with E-state index in [-0.39, 0.29) is 23.3 Å². The van der Waals surface area contributed by atoms with Crippen LogP contribution in [0.2, 0.25) is 5.15 Å². The zero-order chi connectivity index (χ0) is 29.6. The van der Waals surface area contributed by atoms with Gasteiger partial charge in [-0.1, -0.05) is 11.6 Å². The molecule has 6 rings (SSSR count). The Labute approximate surface area is 245 Å². The largest absolute Gasteiger partial charge is 0.477 e. The lowest BCUT2D eigenvalue weighted by Gasteiger charge is -2.39. The van der Waals surface area contributed by atoms with Crippen LogP contribution in [0.5, 0.6) is 5.88 Å². The Bertz CT molecular complexity index is 1630. The minimum atomic E-state index is -2.57. The Morgan fingerprint density at radius 1 is 1.14 bits per heavy atom. The topological polar surface area (TPSA) is 120 Å². The highest BCUT2D eigenvalue weighted by atomic mass is 35.5. The van der Waals surface area contributed by atoms with Crippen molar-refractivity contribution in [3.05, 3.63) is 59.5 Å². The average Bonchev–Trinajstić information content (AvgIpc) is 3.30. The van der Waals surface area contributed by atoms with E-state index >= 15 is 4.39 Å². The second-order valence-corrected chi connectivity index (χ2v) is 11.4. The van der Waals surface area contributed by atoms with E-state index in [1.807, 2.05) is 11.8 Å². The van der Waals surface area contributed by atoms with Crippen molar-refractivity contribution in [1.82, 2.24) is 34.6 Å². The highest BCUT2D eigenvalue weighted by Crippen LogP contribution is 2.65. The molecule has 4 aromatic rings. The molecule has 10 nitrogen and oxygen atoms in total. The predicted molar refractivity (Wildman–Crippen MR) is 152 cm³/mol.